The molecule has 13 heavy (non-hydrogen) atoms. The van der Waals surface area contributed by atoms with E-state index < -0.39 is 0 Å². The summed E-state index contributed by atoms with van der Waals surface area (Å²) in [6.45, 7) is 4.17. The second-order valence-corrected chi connectivity index (χ2v) is 3.66. The first kappa shape index (κ1) is 10.6. The number of hydrogen-bond acceptors (Lipinski definition) is 2. The van der Waals surface area contributed by atoms with Gasteiger partial charge in [-0.25, -0.2) is 0 Å². The van der Waals surface area contributed by atoms with E-state index in [0.29, 0.717) is 0 Å². The molecule has 0 atom stereocenters. The lowest BCUT2D eigenvalue weighted by molar-refractivity contribution is 0.721. The summed E-state index contributed by atoms with van der Waals surface area (Å²) in [5, 5.41) is 3.33. The highest BCUT2D eigenvalue weighted by Gasteiger charge is 1.92. The molecule has 72 valence electrons. The molecular formula is C11H17NS. The molecule has 0 unspecified atom stereocenters. The summed E-state index contributed by atoms with van der Waals surface area (Å²) in [7, 11) is 0. The first-order chi connectivity index (χ1) is 6.33. The Bertz CT molecular complexity index is 248. The average Bonchev–Trinajstić information content (AvgIpc) is 2.13. The maximum Gasteiger partial charge on any atom is 0.00398 e. The van der Waals surface area contributed by atoms with Gasteiger partial charge in [0.2, 0.25) is 0 Å². The maximum atomic E-state index is 4.13. The summed E-state index contributed by atoms with van der Waals surface area (Å²) in [5.41, 5.74) is 2.75. The van der Waals surface area contributed by atoms with Crippen molar-refractivity contribution in [3.8, 4) is 0 Å². The molecule has 1 aromatic rings. The summed E-state index contributed by atoms with van der Waals surface area (Å²) in [4.78, 5) is 0. The molecule has 1 nitrogen and oxygen atoms in total. The second-order valence-electron chi connectivity index (χ2n) is 3.21. The van der Waals surface area contributed by atoms with Gasteiger partial charge in [0.1, 0.15) is 0 Å². The topological polar surface area (TPSA) is 12.0 Å². The van der Waals surface area contributed by atoms with Gasteiger partial charge in [-0.15, -0.1) is 0 Å². The Morgan fingerprint density at radius 3 is 2.85 bits per heavy atom. The highest BCUT2D eigenvalue weighted by atomic mass is 32.1. The zero-order chi connectivity index (χ0) is 9.52. The van der Waals surface area contributed by atoms with Crippen LogP contribution < -0.4 is 5.32 Å². The minimum absolute atomic E-state index is 0.911. The van der Waals surface area contributed by atoms with E-state index in [0.717, 1.165) is 25.3 Å². The molecular weight excluding hydrogens is 178 g/mol. The predicted octanol–water partition coefficient (Wildman–Crippen LogP) is 2.06. The lowest BCUT2D eigenvalue weighted by Crippen LogP contribution is -2.19. The molecule has 0 spiro atoms. The molecule has 0 aliphatic heterocycles. The van der Waals surface area contributed by atoms with Crippen molar-refractivity contribution in [1.82, 2.24) is 5.32 Å². The number of nitrogens with one attached hydrogen (secondary N) is 1. The van der Waals surface area contributed by atoms with E-state index >= 15 is 0 Å². The van der Waals surface area contributed by atoms with Crippen LogP contribution in [0.5, 0.6) is 0 Å². The molecule has 0 saturated heterocycles. The fourth-order valence-corrected chi connectivity index (χ4v) is 1.46. The Labute approximate surface area is 86.0 Å². The van der Waals surface area contributed by atoms with Crippen LogP contribution in [0.2, 0.25) is 0 Å². The molecule has 0 heterocycles. The van der Waals surface area contributed by atoms with Gasteiger partial charge in [-0.3, -0.25) is 0 Å². The van der Waals surface area contributed by atoms with Crippen LogP contribution in [0.4, 0.5) is 0 Å². The highest BCUT2D eigenvalue weighted by molar-refractivity contribution is 7.80. The van der Waals surface area contributed by atoms with E-state index in [1.165, 1.54) is 11.1 Å². The van der Waals surface area contributed by atoms with Crippen LogP contribution in [-0.4, -0.2) is 18.8 Å². The Morgan fingerprint density at radius 1 is 1.31 bits per heavy atom. The van der Waals surface area contributed by atoms with Gasteiger partial charge < -0.3 is 5.32 Å². The average molecular weight is 195 g/mol. The molecule has 0 amide bonds. The van der Waals surface area contributed by atoms with E-state index in [4.69, 9.17) is 0 Å². The normalized spacial score (nSPS) is 10.3. The van der Waals surface area contributed by atoms with E-state index in [1.54, 1.807) is 0 Å². The molecule has 0 bridgehead atoms. The molecule has 0 aliphatic rings. The fourth-order valence-electron chi connectivity index (χ4n) is 1.30. The molecule has 0 radical (unpaired) electrons. The highest BCUT2D eigenvalue weighted by Crippen LogP contribution is 2.03. The van der Waals surface area contributed by atoms with Gasteiger partial charge in [0.15, 0.2) is 0 Å². The van der Waals surface area contributed by atoms with Crippen LogP contribution >= 0.6 is 12.6 Å². The molecule has 0 aliphatic carbocycles. The minimum atomic E-state index is 0.911. The van der Waals surface area contributed by atoms with Crippen molar-refractivity contribution in [3.05, 3.63) is 35.4 Å². The molecule has 0 fully saturated rings. The van der Waals surface area contributed by atoms with Crippen LogP contribution in [0, 0.1) is 6.92 Å². The fraction of sp³-hybridized carbons (Fsp3) is 0.455. The molecule has 1 aromatic carbocycles. The van der Waals surface area contributed by atoms with Gasteiger partial charge in [0.05, 0.1) is 0 Å². The maximum absolute atomic E-state index is 4.13. The van der Waals surface area contributed by atoms with Crippen molar-refractivity contribution in [2.45, 2.75) is 13.3 Å². The molecule has 0 aromatic heterocycles. The van der Waals surface area contributed by atoms with Gasteiger partial charge >= 0.3 is 0 Å². The van der Waals surface area contributed by atoms with E-state index in [-0.39, 0.29) is 0 Å². The first-order valence-corrected chi connectivity index (χ1v) is 5.33. The third kappa shape index (κ3) is 4.34. The SMILES string of the molecule is Cc1cccc(CCNCCS)c1. The second kappa shape index (κ2) is 6.06. The summed E-state index contributed by atoms with van der Waals surface area (Å²) in [6.07, 6.45) is 1.11. The monoisotopic (exact) mass is 195 g/mol. The lowest BCUT2D eigenvalue weighted by Gasteiger charge is -2.03. The Morgan fingerprint density at radius 2 is 2.15 bits per heavy atom. The number of benzene rings is 1. The summed E-state index contributed by atoms with van der Waals surface area (Å²) < 4.78 is 0. The van der Waals surface area contributed by atoms with Crippen LogP contribution in [0.25, 0.3) is 0 Å². The van der Waals surface area contributed by atoms with Gasteiger partial charge in [-0.2, -0.15) is 12.6 Å². The van der Waals surface area contributed by atoms with Gasteiger partial charge in [0, 0.05) is 12.3 Å². The summed E-state index contributed by atoms with van der Waals surface area (Å²) >= 11 is 4.13. The van der Waals surface area contributed by atoms with E-state index in [2.05, 4.69) is 49.1 Å². The van der Waals surface area contributed by atoms with Crippen molar-refractivity contribution in [3.63, 3.8) is 0 Å². The number of hydrogen-bond donors (Lipinski definition) is 2. The molecule has 0 saturated carbocycles. The van der Waals surface area contributed by atoms with E-state index in [1.807, 2.05) is 0 Å². The zero-order valence-electron chi connectivity index (χ0n) is 8.09. The van der Waals surface area contributed by atoms with Crippen LogP contribution in [0.1, 0.15) is 11.1 Å². The van der Waals surface area contributed by atoms with E-state index in [9.17, 15) is 0 Å². The molecule has 1 N–H and O–H groups in total. The van der Waals surface area contributed by atoms with Crippen molar-refractivity contribution < 1.29 is 0 Å². The van der Waals surface area contributed by atoms with Crippen LogP contribution in [0.3, 0.4) is 0 Å². The first-order valence-electron chi connectivity index (χ1n) is 4.70. The Balaban J connectivity index is 2.28. The van der Waals surface area contributed by atoms with Gasteiger partial charge in [-0.1, -0.05) is 29.8 Å². The lowest BCUT2D eigenvalue weighted by atomic mass is 10.1. The summed E-state index contributed by atoms with van der Waals surface area (Å²) in [6, 6.07) is 8.66. The van der Waals surface area contributed by atoms with Crippen molar-refractivity contribution in [1.29, 1.82) is 0 Å². The van der Waals surface area contributed by atoms with Gasteiger partial charge in [0.25, 0.3) is 0 Å². The number of rotatable bonds is 5. The Kier molecular flexibility index (Phi) is 4.94. The van der Waals surface area contributed by atoms with Crippen molar-refractivity contribution in [2.24, 2.45) is 0 Å². The third-order valence-corrected chi connectivity index (χ3v) is 2.19. The van der Waals surface area contributed by atoms with Crippen molar-refractivity contribution in [2.75, 3.05) is 18.8 Å². The predicted molar refractivity (Wildman–Crippen MR) is 61.6 cm³/mol. The van der Waals surface area contributed by atoms with Crippen LogP contribution in [0.15, 0.2) is 24.3 Å². The zero-order valence-corrected chi connectivity index (χ0v) is 8.98. The number of aryl methyl sites for hydroxylation is 1. The quantitative estimate of drug-likeness (QED) is 0.541. The standard InChI is InChI=1S/C11H17NS/c1-10-3-2-4-11(9-10)5-6-12-7-8-13/h2-4,9,12-13H,5-8H2,1H3. The minimum Gasteiger partial charge on any atom is -0.316 e. The largest absolute Gasteiger partial charge is 0.316 e. The van der Waals surface area contributed by atoms with Gasteiger partial charge in [-0.05, 0) is 25.5 Å². The number of thiol groups is 1. The third-order valence-electron chi connectivity index (χ3n) is 1.96. The molecule has 2 heteroatoms. The Hall–Kier alpha value is -0.470. The van der Waals surface area contributed by atoms with Crippen molar-refractivity contribution >= 4 is 12.6 Å². The molecule has 1 rings (SSSR count). The summed E-state index contributed by atoms with van der Waals surface area (Å²) in [5.74, 6) is 0.911. The smallest absolute Gasteiger partial charge is 0.00398 e. The van der Waals surface area contributed by atoms with Crippen LogP contribution in [-0.2, 0) is 6.42 Å².